The molecule has 118 valence electrons. The fraction of sp³-hybridized carbons (Fsp3) is 0.944. The van der Waals surface area contributed by atoms with Gasteiger partial charge in [-0.15, -0.1) is 0 Å². The standard InChI is InChI=1S/C18H30N2O/c1-20-7-5-14(6-8-20)17(21)19-18-10-13-3-2-4-15(11-18)16(9-13)12-18/h13-16H,2-12H2,1H3,(H,19,21). The summed E-state index contributed by atoms with van der Waals surface area (Å²) in [6.07, 6.45) is 11.7. The Bertz CT molecular complexity index is 411. The van der Waals surface area contributed by atoms with Gasteiger partial charge in [0.05, 0.1) is 0 Å². The van der Waals surface area contributed by atoms with E-state index in [1.165, 1.54) is 44.9 Å². The number of fused-ring (bicyclic) bond motifs is 2. The molecule has 0 spiro atoms. The van der Waals surface area contributed by atoms with E-state index in [1.807, 2.05) is 0 Å². The van der Waals surface area contributed by atoms with Crippen molar-refractivity contribution >= 4 is 5.91 Å². The zero-order valence-electron chi connectivity index (χ0n) is 13.4. The van der Waals surface area contributed by atoms with Crippen molar-refractivity contribution in [3.63, 3.8) is 0 Å². The Morgan fingerprint density at radius 3 is 2.62 bits per heavy atom. The molecule has 4 aliphatic rings. The zero-order valence-corrected chi connectivity index (χ0v) is 13.4. The minimum Gasteiger partial charge on any atom is -0.350 e. The number of nitrogens with one attached hydrogen (secondary N) is 1. The average Bonchev–Trinajstić information content (AvgIpc) is 2.60. The summed E-state index contributed by atoms with van der Waals surface area (Å²) >= 11 is 0. The maximum absolute atomic E-state index is 12.7. The molecule has 1 saturated heterocycles. The fourth-order valence-electron chi connectivity index (χ4n) is 5.94. The number of nitrogens with zero attached hydrogens (tertiary/aromatic N) is 1. The summed E-state index contributed by atoms with van der Waals surface area (Å²) in [6.45, 7) is 2.16. The second kappa shape index (κ2) is 5.26. The van der Waals surface area contributed by atoms with E-state index < -0.39 is 0 Å². The van der Waals surface area contributed by atoms with Crippen molar-refractivity contribution in [2.24, 2.45) is 23.7 Å². The van der Waals surface area contributed by atoms with E-state index in [0.29, 0.717) is 5.91 Å². The van der Waals surface area contributed by atoms with Crippen molar-refractivity contribution in [3.8, 4) is 0 Å². The van der Waals surface area contributed by atoms with Gasteiger partial charge >= 0.3 is 0 Å². The van der Waals surface area contributed by atoms with Gasteiger partial charge in [0, 0.05) is 11.5 Å². The van der Waals surface area contributed by atoms with Crippen LogP contribution in [0.4, 0.5) is 0 Å². The van der Waals surface area contributed by atoms with Crippen LogP contribution >= 0.6 is 0 Å². The summed E-state index contributed by atoms with van der Waals surface area (Å²) < 4.78 is 0. The molecular weight excluding hydrogens is 260 g/mol. The smallest absolute Gasteiger partial charge is 0.223 e. The third kappa shape index (κ3) is 2.62. The predicted octanol–water partition coefficient (Wildman–Crippen LogP) is 2.80. The molecule has 1 N–H and O–H groups in total. The summed E-state index contributed by atoms with van der Waals surface area (Å²) in [6, 6.07) is 0. The Morgan fingerprint density at radius 1 is 1.05 bits per heavy atom. The molecule has 0 radical (unpaired) electrons. The predicted molar refractivity (Wildman–Crippen MR) is 83.9 cm³/mol. The lowest BCUT2D eigenvalue weighted by atomic mass is 9.75. The van der Waals surface area contributed by atoms with Crippen LogP contribution in [-0.2, 0) is 4.79 Å². The molecule has 0 aromatic heterocycles. The SMILES string of the molecule is CN1CCC(C(=O)NC23CC4CCCC(C2)C(C4)C3)CC1. The highest BCUT2D eigenvalue weighted by Crippen LogP contribution is 2.55. The van der Waals surface area contributed by atoms with Crippen molar-refractivity contribution in [1.82, 2.24) is 10.2 Å². The summed E-state index contributed by atoms with van der Waals surface area (Å²) in [5.41, 5.74) is 0.194. The quantitative estimate of drug-likeness (QED) is 0.848. The van der Waals surface area contributed by atoms with Crippen molar-refractivity contribution < 1.29 is 4.79 Å². The van der Waals surface area contributed by atoms with Crippen LogP contribution in [0, 0.1) is 23.7 Å². The van der Waals surface area contributed by atoms with E-state index >= 15 is 0 Å². The van der Waals surface area contributed by atoms with Gasteiger partial charge in [0.2, 0.25) is 5.91 Å². The molecule has 3 saturated carbocycles. The van der Waals surface area contributed by atoms with Gasteiger partial charge in [0.25, 0.3) is 0 Å². The lowest BCUT2D eigenvalue weighted by molar-refractivity contribution is -0.128. The van der Waals surface area contributed by atoms with Gasteiger partial charge in [-0.2, -0.15) is 0 Å². The van der Waals surface area contributed by atoms with Crippen molar-refractivity contribution in [1.29, 1.82) is 0 Å². The largest absolute Gasteiger partial charge is 0.350 e. The Hall–Kier alpha value is -0.570. The van der Waals surface area contributed by atoms with E-state index in [2.05, 4.69) is 17.3 Å². The number of hydrogen-bond donors (Lipinski definition) is 1. The van der Waals surface area contributed by atoms with Crippen molar-refractivity contribution in [2.75, 3.05) is 20.1 Å². The van der Waals surface area contributed by atoms with Crippen LogP contribution in [-0.4, -0.2) is 36.5 Å². The van der Waals surface area contributed by atoms with Gasteiger partial charge < -0.3 is 10.2 Å². The summed E-state index contributed by atoms with van der Waals surface area (Å²) in [5, 5.41) is 3.58. The Labute approximate surface area is 128 Å². The molecule has 4 unspecified atom stereocenters. The minimum absolute atomic E-state index is 0.194. The highest BCUT2D eigenvalue weighted by Gasteiger charge is 2.52. The van der Waals surface area contributed by atoms with Crippen LogP contribution < -0.4 is 5.32 Å². The highest BCUT2D eigenvalue weighted by atomic mass is 16.2. The number of amides is 1. The molecule has 3 bridgehead atoms. The maximum Gasteiger partial charge on any atom is 0.223 e. The van der Waals surface area contributed by atoms with E-state index in [0.717, 1.165) is 43.7 Å². The van der Waals surface area contributed by atoms with Crippen molar-refractivity contribution in [2.45, 2.75) is 63.3 Å². The van der Waals surface area contributed by atoms with Crippen LogP contribution in [0.3, 0.4) is 0 Å². The Kier molecular flexibility index (Phi) is 3.52. The van der Waals surface area contributed by atoms with Crippen LogP contribution in [0.15, 0.2) is 0 Å². The van der Waals surface area contributed by atoms with E-state index in [9.17, 15) is 4.79 Å². The van der Waals surface area contributed by atoms with Crippen LogP contribution in [0.1, 0.15) is 57.8 Å². The van der Waals surface area contributed by atoms with Crippen LogP contribution in [0.2, 0.25) is 0 Å². The number of carbonyl (C=O) groups is 1. The lowest BCUT2D eigenvalue weighted by Gasteiger charge is -2.40. The molecule has 21 heavy (non-hydrogen) atoms. The van der Waals surface area contributed by atoms with Gasteiger partial charge in [-0.1, -0.05) is 19.3 Å². The minimum atomic E-state index is 0.194. The van der Waals surface area contributed by atoms with Gasteiger partial charge in [-0.05, 0) is 76.4 Å². The number of likely N-dealkylation sites (tertiary alicyclic amines) is 1. The monoisotopic (exact) mass is 290 g/mol. The van der Waals surface area contributed by atoms with Gasteiger partial charge in [0.15, 0.2) is 0 Å². The van der Waals surface area contributed by atoms with E-state index in [4.69, 9.17) is 0 Å². The number of piperidine rings is 1. The second-order valence-electron chi connectivity index (χ2n) is 8.51. The van der Waals surface area contributed by atoms with E-state index in [1.54, 1.807) is 0 Å². The Balaban J connectivity index is 1.43. The summed E-state index contributed by atoms with van der Waals surface area (Å²) in [5.74, 6) is 3.38. The first-order valence-electron chi connectivity index (χ1n) is 9.14. The van der Waals surface area contributed by atoms with Gasteiger partial charge in [-0.3, -0.25) is 4.79 Å². The van der Waals surface area contributed by atoms with Gasteiger partial charge in [-0.25, -0.2) is 0 Å². The van der Waals surface area contributed by atoms with Crippen LogP contribution in [0.5, 0.6) is 0 Å². The van der Waals surface area contributed by atoms with Crippen LogP contribution in [0.25, 0.3) is 0 Å². The maximum atomic E-state index is 12.7. The second-order valence-corrected chi connectivity index (χ2v) is 8.51. The molecule has 4 rings (SSSR count). The zero-order chi connectivity index (χ0) is 14.4. The lowest BCUT2D eigenvalue weighted by Crippen LogP contribution is -2.52. The molecule has 0 aromatic carbocycles. The molecule has 0 aromatic rings. The molecule has 1 aliphatic heterocycles. The molecule has 4 fully saturated rings. The first-order valence-corrected chi connectivity index (χ1v) is 9.14. The number of carbonyl (C=O) groups excluding carboxylic acids is 1. The summed E-state index contributed by atoms with van der Waals surface area (Å²) in [7, 11) is 2.16. The Morgan fingerprint density at radius 2 is 1.81 bits per heavy atom. The highest BCUT2D eigenvalue weighted by molar-refractivity contribution is 5.79. The molecule has 3 nitrogen and oxygen atoms in total. The normalized spacial score (nSPS) is 43.8. The summed E-state index contributed by atoms with van der Waals surface area (Å²) in [4.78, 5) is 15.1. The molecular formula is C18H30N2O. The third-order valence-electron chi connectivity index (χ3n) is 6.95. The molecule has 1 amide bonds. The molecule has 4 atom stereocenters. The average molecular weight is 290 g/mol. The first-order chi connectivity index (χ1) is 10.1. The number of rotatable bonds is 2. The van der Waals surface area contributed by atoms with E-state index in [-0.39, 0.29) is 11.5 Å². The number of hydrogen-bond acceptors (Lipinski definition) is 2. The third-order valence-corrected chi connectivity index (χ3v) is 6.95. The molecule has 3 aliphatic carbocycles. The fourth-order valence-corrected chi connectivity index (χ4v) is 5.94. The first kappa shape index (κ1) is 14.0. The van der Waals surface area contributed by atoms with Gasteiger partial charge in [0.1, 0.15) is 0 Å². The van der Waals surface area contributed by atoms with Crippen molar-refractivity contribution in [3.05, 3.63) is 0 Å². The topological polar surface area (TPSA) is 32.3 Å². The molecule has 3 heteroatoms. The molecule has 1 heterocycles.